The highest BCUT2D eigenvalue weighted by Crippen LogP contribution is 2.24. The third-order valence-corrected chi connectivity index (χ3v) is 4.43. The lowest BCUT2D eigenvalue weighted by atomic mass is 10.1. The van der Waals surface area contributed by atoms with Gasteiger partial charge in [0.05, 0.1) is 5.75 Å². The maximum atomic E-state index is 12.2. The Labute approximate surface area is 139 Å². The first-order valence-corrected chi connectivity index (χ1v) is 8.52. The van der Waals surface area contributed by atoms with Gasteiger partial charge in [-0.2, -0.15) is 0 Å². The number of aromatic nitrogens is 1. The highest BCUT2D eigenvalue weighted by atomic mass is 32.2. The fourth-order valence-electron chi connectivity index (χ4n) is 2.42. The minimum absolute atomic E-state index is 0.0544. The number of fused-ring (bicyclic) bond motifs is 1. The molecule has 23 heavy (non-hydrogen) atoms. The Morgan fingerprint density at radius 2 is 2.04 bits per heavy atom. The topological polar surface area (TPSA) is 55.1 Å². The molecule has 3 aromatic rings. The summed E-state index contributed by atoms with van der Waals surface area (Å²) in [5.74, 6) is 0.214. The highest BCUT2D eigenvalue weighted by molar-refractivity contribution is 7.99. The number of para-hydroxylation sites is 3. The molecule has 1 N–H and O–H groups in total. The first-order chi connectivity index (χ1) is 11.2. The van der Waals surface area contributed by atoms with Crippen molar-refractivity contribution in [2.75, 3.05) is 11.1 Å². The van der Waals surface area contributed by atoms with Crippen LogP contribution < -0.4 is 5.32 Å². The summed E-state index contributed by atoms with van der Waals surface area (Å²) < 4.78 is 5.61. The summed E-state index contributed by atoms with van der Waals surface area (Å²) in [5, 5.41) is 3.52. The van der Waals surface area contributed by atoms with Crippen molar-refractivity contribution in [3.05, 3.63) is 53.6 Å². The number of anilines is 1. The van der Waals surface area contributed by atoms with Gasteiger partial charge in [-0.25, -0.2) is 4.98 Å². The number of thioether (sulfide) groups is 1. The van der Waals surface area contributed by atoms with Gasteiger partial charge in [0.1, 0.15) is 5.52 Å². The Morgan fingerprint density at radius 3 is 2.83 bits per heavy atom. The molecule has 0 aliphatic carbocycles. The van der Waals surface area contributed by atoms with E-state index in [1.807, 2.05) is 49.4 Å². The highest BCUT2D eigenvalue weighted by Gasteiger charge is 2.11. The Hall–Kier alpha value is -2.27. The molecule has 0 unspecified atom stereocenters. The zero-order valence-electron chi connectivity index (χ0n) is 13.1. The van der Waals surface area contributed by atoms with Gasteiger partial charge in [0.25, 0.3) is 5.22 Å². The van der Waals surface area contributed by atoms with Crippen LogP contribution in [0.1, 0.15) is 18.1 Å². The van der Waals surface area contributed by atoms with Crippen LogP contribution in [0.15, 0.2) is 52.1 Å². The lowest BCUT2D eigenvalue weighted by Crippen LogP contribution is -2.16. The van der Waals surface area contributed by atoms with E-state index in [1.165, 1.54) is 11.8 Å². The van der Waals surface area contributed by atoms with E-state index in [9.17, 15) is 4.79 Å². The van der Waals surface area contributed by atoms with Crippen LogP contribution in [0.25, 0.3) is 11.1 Å². The van der Waals surface area contributed by atoms with Gasteiger partial charge in [-0.05, 0) is 36.6 Å². The van der Waals surface area contributed by atoms with Gasteiger partial charge in [0.2, 0.25) is 5.91 Å². The van der Waals surface area contributed by atoms with Crippen LogP contribution in [0.2, 0.25) is 0 Å². The van der Waals surface area contributed by atoms with E-state index >= 15 is 0 Å². The molecule has 0 saturated heterocycles. The molecular weight excluding hydrogens is 308 g/mol. The van der Waals surface area contributed by atoms with Gasteiger partial charge >= 0.3 is 0 Å². The molecule has 0 aliphatic rings. The average Bonchev–Trinajstić information content (AvgIpc) is 2.98. The smallest absolute Gasteiger partial charge is 0.257 e. The summed E-state index contributed by atoms with van der Waals surface area (Å²) in [6, 6.07) is 13.6. The largest absolute Gasteiger partial charge is 0.431 e. The normalized spacial score (nSPS) is 10.9. The summed E-state index contributed by atoms with van der Waals surface area (Å²) in [4.78, 5) is 16.6. The van der Waals surface area contributed by atoms with Gasteiger partial charge in [-0.15, -0.1) is 0 Å². The zero-order valence-corrected chi connectivity index (χ0v) is 13.9. The third kappa shape index (κ3) is 3.56. The number of hydrogen-bond acceptors (Lipinski definition) is 4. The average molecular weight is 326 g/mol. The number of hydrogen-bond donors (Lipinski definition) is 1. The van der Waals surface area contributed by atoms with E-state index < -0.39 is 0 Å². The van der Waals surface area contributed by atoms with E-state index in [-0.39, 0.29) is 11.7 Å². The minimum Gasteiger partial charge on any atom is -0.431 e. The van der Waals surface area contributed by atoms with Crippen LogP contribution in [0.5, 0.6) is 0 Å². The van der Waals surface area contributed by atoms with Crippen molar-refractivity contribution < 1.29 is 9.21 Å². The molecule has 0 spiro atoms. The van der Waals surface area contributed by atoms with Crippen molar-refractivity contribution in [2.45, 2.75) is 25.5 Å². The van der Waals surface area contributed by atoms with Crippen molar-refractivity contribution in [1.29, 1.82) is 0 Å². The molecule has 0 atom stereocenters. The van der Waals surface area contributed by atoms with Gasteiger partial charge in [0, 0.05) is 5.69 Å². The third-order valence-electron chi connectivity index (χ3n) is 3.61. The SMILES string of the molecule is CCc1cccc(C)c1NC(=O)CSc1nc2ccccc2o1. The fraction of sp³-hybridized carbons (Fsp3) is 0.222. The van der Waals surface area contributed by atoms with Crippen LogP contribution in [-0.4, -0.2) is 16.6 Å². The Kier molecular flexibility index (Phi) is 4.67. The second-order valence-corrected chi connectivity index (χ2v) is 6.17. The predicted molar refractivity (Wildman–Crippen MR) is 93.9 cm³/mol. The Morgan fingerprint density at radius 1 is 1.22 bits per heavy atom. The first kappa shape index (κ1) is 15.6. The number of carbonyl (C=O) groups excluding carboxylic acids is 1. The summed E-state index contributed by atoms with van der Waals surface area (Å²) in [6.07, 6.45) is 0.884. The van der Waals surface area contributed by atoms with E-state index in [2.05, 4.69) is 17.2 Å². The van der Waals surface area contributed by atoms with E-state index in [1.54, 1.807) is 0 Å². The van der Waals surface area contributed by atoms with Gasteiger partial charge < -0.3 is 9.73 Å². The van der Waals surface area contributed by atoms with Crippen LogP contribution in [-0.2, 0) is 11.2 Å². The summed E-state index contributed by atoms with van der Waals surface area (Å²) in [6.45, 7) is 4.08. The number of benzene rings is 2. The number of amides is 1. The maximum Gasteiger partial charge on any atom is 0.257 e. The zero-order chi connectivity index (χ0) is 16.2. The second-order valence-electron chi connectivity index (χ2n) is 5.25. The molecule has 118 valence electrons. The van der Waals surface area contributed by atoms with Crippen molar-refractivity contribution in [3.8, 4) is 0 Å². The van der Waals surface area contributed by atoms with Crippen LogP contribution in [0.3, 0.4) is 0 Å². The van der Waals surface area contributed by atoms with E-state index in [0.717, 1.165) is 34.3 Å². The standard InChI is InChI=1S/C18H18N2O2S/c1-3-13-8-6-7-12(2)17(13)20-16(21)11-23-18-19-14-9-4-5-10-15(14)22-18/h4-10H,3,11H2,1-2H3,(H,20,21). The monoisotopic (exact) mass is 326 g/mol. The van der Waals surface area contributed by atoms with Gasteiger partial charge in [-0.3, -0.25) is 4.79 Å². The predicted octanol–water partition coefficient (Wildman–Crippen LogP) is 4.43. The summed E-state index contributed by atoms with van der Waals surface area (Å²) >= 11 is 1.30. The van der Waals surface area contributed by atoms with Crippen LogP contribution in [0, 0.1) is 6.92 Å². The molecule has 0 radical (unpaired) electrons. The van der Waals surface area contributed by atoms with Gasteiger partial charge in [0.15, 0.2) is 5.58 Å². The molecule has 3 rings (SSSR count). The Bertz CT molecular complexity index is 809. The molecular formula is C18H18N2O2S. The molecule has 0 aliphatic heterocycles. The number of carbonyl (C=O) groups is 1. The lowest BCUT2D eigenvalue weighted by molar-refractivity contribution is -0.113. The van der Waals surface area contributed by atoms with Crippen LogP contribution in [0.4, 0.5) is 5.69 Å². The number of nitrogens with one attached hydrogen (secondary N) is 1. The molecule has 5 heteroatoms. The van der Waals surface area contributed by atoms with Crippen molar-refractivity contribution in [2.24, 2.45) is 0 Å². The quantitative estimate of drug-likeness (QED) is 0.705. The molecule has 1 heterocycles. The van der Waals surface area contributed by atoms with E-state index in [0.29, 0.717) is 5.22 Å². The first-order valence-electron chi connectivity index (χ1n) is 7.54. The molecule has 1 aromatic heterocycles. The number of rotatable bonds is 5. The van der Waals surface area contributed by atoms with Crippen molar-refractivity contribution in [1.82, 2.24) is 4.98 Å². The van der Waals surface area contributed by atoms with E-state index in [4.69, 9.17) is 4.42 Å². The molecule has 4 nitrogen and oxygen atoms in total. The second kappa shape index (κ2) is 6.87. The molecule has 1 amide bonds. The van der Waals surface area contributed by atoms with Crippen molar-refractivity contribution >= 4 is 34.5 Å². The Balaban J connectivity index is 1.66. The summed E-state index contributed by atoms with van der Waals surface area (Å²) in [5.41, 5.74) is 4.68. The molecule has 0 bridgehead atoms. The molecule has 2 aromatic carbocycles. The lowest BCUT2D eigenvalue weighted by Gasteiger charge is -2.12. The van der Waals surface area contributed by atoms with Crippen molar-refractivity contribution in [3.63, 3.8) is 0 Å². The fourth-order valence-corrected chi connectivity index (χ4v) is 3.06. The number of oxazole rings is 1. The van der Waals surface area contributed by atoms with Crippen LogP contribution >= 0.6 is 11.8 Å². The number of nitrogens with zero attached hydrogens (tertiary/aromatic N) is 1. The van der Waals surface area contributed by atoms with Gasteiger partial charge in [-0.1, -0.05) is 49.0 Å². The summed E-state index contributed by atoms with van der Waals surface area (Å²) in [7, 11) is 0. The molecule has 0 saturated carbocycles. The molecule has 0 fully saturated rings. The minimum atomic E-state index is -0.0544. The number of aryl methyl sites for hydroxylation is 2. The maximum absolute atomic E-state index is 12.2.